The van der Waals surface area contributed by atoms with Gasteiger partial charge in [-0.25, -0.2) is 0 Å². The number of para-hydroxylation sites is 1. The number of anilines is 1. The molecule has 2 N–H and O–H groups in total. The number of hydrogen-bond donors (Lipinski definition) is 2. The SMILES string of the molecule is COc1cccc(OC)c1C(=O)NC(=S)Nc1cc2nn(-c3ccccc3)nc2cc1C. The number of nitrogens with one attached hydrogen (secondary N) is 2. The zero-order valence-electron chi connectivity index (χ0n) is 17.7. The fourth-order valence-electron chi connectivity index (χ4n) is 3.27. The summed E-state index contributed by atoms with van der Waals surface area (Å²) in [4.78, 5) is 14.4. The van der Waals surface area contributed by atoms with Crippen LogP contribution in [0.15, 0.2) is 60.7 Å². The number of fused-ring (bicyclic) bond motifs is 1. The highest BCUT2D eigenvalue weighted by Gasteiger charge is 2.19. The van der Waals surface area contributed by atoms with Gasteiger partial charge in [-0.15, -0.1) is 10.2 Å². The Kier molecular flexibility index (Phi) is 6.00. The number of carbonyl (C=O) groups excluding carboxylic acids is 1. The Hall–Kier alpha value is -3.98. The van der Waals surface area contributed by atoms with Crippen molar-refractivity contribution in [3.8, 4) is 17.2 Å². The molecule has 0 saturated carbocycles. The number of nitrogens with zero attached hydrogens (tertiary/aromatic N) is 3. The molecule has 32 heavy (non-hydrogen) atoms. The molecule has 8 nitrogen and oxygen atoms in total. The van der Waals surface area contributed by atoms with Gasteiger partial charge in [-0.3, -0.25) is 10.1 Å². The van der Waals surface area contributed by atoms with Gasteiger partial charge in [0.1, 0.15) is 28.1 Å². The Morgan fingerprint density at radius 1 is 0.938 bits per heavy atom. The van der Waals surface area contributed by atoms with Crippen LogP contribution in [0, 0.1) is 6.92 Å². The van der Waals surface area contributed by atoms with Crippen molar-refractivity contribution < 1.29 is 14.3 Å². The van der Waals surface area contributed by atoms with Gasteiger partial charge in [-0.2, -0.15) is 4.80 Å². The molecular formula is C23H21N5O3S. The van der Waals surface area contributed by atoms with Gasteiger partial charge in [0.15, 0.2) is 5.11 Å². The van der Waals surface area contributed by atoms with Crippen molar-refractivity contribution in [1.82, 2.24) is 20.3 Å². The van der Waals surface area contributed by atoms with Crippen LogP contribution in [0.5, 0.6) is 11.5 Å². The minimum atomic E-state index is -0.439. The molecule has 0 aliphatic rings. The molecule has 3 aromatic carbocycles. The first-order valence-corrected chi connectivity index (χ1v) is 10.2. The zero-order valence-corrected chi connectivity index (χ0v) is 18.6. The van der Waals surface area contributed by atoms with Gasteiger partial charge in [0, 0.05) is 5.69 Å². The van der Waals surface area contributed by atoms with Gasteiger partial charge in [0.2, 0.25) is 0 Å². The van der Waals surface area contributed by atoms with Crippen molar-refractivity contribution in [2.45, 2.75) is 6.92 Å². The van der Waals surface area contributed by atoms with E-state index in [1.807, 2.05) is 49.4 Å². The highest BCUT2D eigenvalue weighted by atomic mass is 32.1. The quantitative estimate of drug-likeness (QED) is 0.449. The van der Waals surface area contributed by atoms with E-state index in [9.17, 15) is 4.79 Å². The van der Waals surface area contributed by atoms with Crippen LogP contribution < -0.4 is 20.1 Å². The molecule has 162 valence electrons. The van der Waals surface area contributed by atoms with E-state index >= 15 is 0 Å². The van der Waals surface area contributed by atoms with Crippen LogP contribution in [-0.4, -0.2) is 40.2 Å². The topological polar surface area (TPSA) is 90.3 Å². The Morgan fingerprint density at radius 2 is 1.56 bits per heavy atom. The Labute approximate surface area is 190 Å². The third-order valence-electron chi connectivity index (χ3n) is 4.84. The summed E-state index contributed by atoms with van der Waals surface area (Å²) in [5.41, 5.74) is 4.20. The first-order chi connectivity index (χ1) is 15.5. The van der Waals surface area contributed by atoms with E-state index in [1.54, 1.807) is 23.0 Å². The van der Waals surface area contributed by atoms with E-state index in [0.717, 1.165) is 22.5 Å². The first kappa shape index (κ1) is 21.3. The molecule has 0 spiro atoms. The highest BCUT2D eigenvalue weighted by Crippen LogP contribution is 2.28. The highest BCUT2D eigenvalue weighted by molar-refractivity contribution is 7.80. The predicted molar refractivity (Wildman–Crippen MR) is 127 cm³/mol. The van der Waals surface area contributed by atoms with E-state index in [-0.39, 0.29) is 10.7 Å². The lowest BCUT2D eigenvalue weighted by Crippen LogP contribution is -2.34. The fraction of sp³-hybridized carbons (Fsp3) is 0.130. The number of benzene rings is 3. The number of aryl methyl sites for hydroxylation is 1. The summed E-state index contributed by atoms with van der Waals surface area (Å²) in [6.45, 7) is 1.93. The number of hydrogen-bond acceptors (Lipinski definition) is 6. The van der Waals surface area contributed by atoms with Crippen LogP contribution in [0.25, 0.3) is 16.7 Å². The summed E-state index contributed by atoms with van der Waals surface area (Å²) < 4.78 is 10.6. The number of methoxy groups -OCH3 is 2. The molecule has 0 bridgehead atoms. The van der Waals surface area contributed by atoms with Gasteiger partial charge in [0.25, 0.3) is 5.91 Å². The first-order valence-electron chi connectivity index (χ1n) is 9.76. The van der Waals surface area contributed by atoms with Crippen LogP contribution in [0.1, 0.15) is 15.9 Å². The van der Waals surface area contributed by atoms with Crippen molar-refractivity contribution in [2.24, 2.45) is 0 Å². The average molecular weight is 448 g/mol. The smallest absolute Gasteiger partial charge is 0.264 e. The predicted octanol–water partition coefficient (Wildman–Crippen LogP) is 3.87. The molecule has 0 atom stereocenters. The molecule has 4 aromatic rings. The maximum Gasteiger partial charge on any atom is 0.264 e. The van der Waals surface area contributed by atoms with E-state index in [4.69, 9.17) is 21.7 Å². The lowest BCUT2D eigenvalue weighted by molar-refractivity contribution is 0.0971. The second-order valence-electron chi connectivity index (χ2n) is 6.93. The maximum absolute atomic E-state index is 12.8. The number of carbonyl (C=O) groups is 1. The molecule has 9 heteroatoms. The van der Waals surface area contributed by atoms with Gasteiger partial charge in [0.05, 0.1) is 19.9 Å². The number of thiocarbonyl (C=S) groups is 1. The minimum absolute atomic E-state index is 0.140. The molecule has 0 fully saturated rings. The average Bonchev–Trinajstić information content (AvgIpc) is 3.21. The second kappa shape index (κ2) is 9.03. The zero-order chi connectivity index (χ0) is 22.7. The number of rotatable bonds is 5. The van der Waals surface area contributed by atoms with Crippen LogP contribution >= 0.6 is 12.2 Å². The van der Waals surface area contributed by atoms with Crippen molar-refractivity contribution in [1.29, 1.82) is 0 Å². The van der Waals surface area contributed by atoms with Crippen molar-refractivity contribution in [3.63, 3.8) is 0 Å². The molecule has 0 unspecified atom stereocenters. The largest absolute Gasteiger partial charge is 0.496 e. The van der Waals surface area contributed by atoms with Crippen molar-refractivity contribution >= 4 is 40.0 Å². The van der Waals surface area contributed by atoms with Crippen LogP contribution in [0.2, 0.25) is 0 Å². The minimum Gasteiger partial charge on any atom is -0.496 e. The Balaban J connectivity index is 1.55. The standard InChI is InChI=1S/C23H21N5O3S/c1-14-12-17-18(27-28(26-17)15-8-5-4-6-9-15)13-16(14)24-23(32)25-22(29)21-19(30-2)10-7-11-20(21)31-3/h4-13H,1-3H3,(H2,24,25,29,32). The summed E-state index contributed by atoms with van der Waals surface area (Å²) in [6, 6.07) is 18.5. The molecule has 4 rings (SSSR count). The third-order valence-corrected chi connectivity index (χ3v) is 5.05. The van der Waals surface area contributed by atoms with Crippen LogP contribution in [0.4, 0.5) is 5.69 Å². The fourth-order valence-corrected chi connectivity index (χ4v) is 3.48. The normalized spacial score (nSPS) is 10.6. The molecule has 0 aliphatic heterocycles. The summed E-state index contributed by atoms with van der Waals surface area (Å²) in [7, 11) is 2.98. The molecule has 0 aliphatic carbocycles. The van der Waals surface area contributed by atoms with Crippen molar-refractivity contribution in [3.05, 3.63) is 71.8 Å². The number of ether oxygens (including phenoxy) is 2. The van der Waals surface area contributed by atoms with Crippen LogP contribution in [-0.2, 0) is 0 Å². The molecular weight excluding hydrogens is 426 g/mol. The molecule has 0 radical (unpaired) electrons. The van der Waals surface area contributed by atoms with Crippen molar-refractivity contribution in [2.75, 3.05) is 19.5 Å². The summed E-state index contributed by atoms with van der Waals surface area (Å²) in [5.74, 6) is 0.338. The number of amides is 1. The lowest BCUT2D eigenvalue weighted by atomic mass is 10.1. The molecule has 1 aromatic heterocycles. The maximum atomic E-state index is 12.8. The molecule has 0 saturated heterocycles. The second-order valence-corrected chi connectivity index (χ2v) is 7.33. The van der Waals surface area contributed by atoms with Crippen LogP contribution in [0.3, 0.4) is 0 Å². The van der Waals surface area contributed by atoms with E-state index < -0.39 is 5.91 Å². The molecule has 1 amide bonds. The van der Waals surface area contributed by atoms with E-state index in [0.29, 0.717) is 17.0 Å². The number of aromatic nitrogens is 3. The Morgan fingerprint density at radius 3 is 2.19 bits per heavy atom. The summed E-state index contributed by atoms with van der Waals surface area (Å²) in [5, 5.41) is 15.0. The van der Waals surface area contributed by atoms with Gasteiger partial charge in [-0.1, -0.05) is 24.3 Å². The third kappa shape index (κ3) is 4.23. The Bertz CT molecular complexity index is 1280. The summed E-state index contributed by atoms with van der Waals surface area (Å²) in [6.07, 6.45) is 0. The lowest BCUT2D eigenvalue weighted by Gasteiger charge is -2.15. The monoisotopic (exact) mass is 447 g/mol. The van der Waals surface area contributed by atoms with Gasteiger partial charge < -0.3 is 14.8 Å². The summed E-state index contributed by atoms with van der Waals surface area (Å²) >= 11 is 5.37. The molecule has 1 heterocycles. The van der Waals surface area contributed by atoms with Gasteiger partial charge in [-0.05, 0) is 61.1 Å². The van der Waals surface area contributed by atoms with Gasteiger partial charge >= 0.3 is 0 Å². The van der Waals surface area contributed by atoms with E-state index in [1.165, 1.54) is 14.2 Å². The van der Waals surface area contributed by atoms with E-state index in [2.05, 4.69) is 20.8 Å².